The molecular formula is C12H16N2O3S. The first-order valence-corrected chi connectivity index (χ1v) is 7.50. The normalized spacial score (nSPS) is 15.9. The Morgan fingerprint density at radius 3 is 2.28 bits per heavy atom. The highest BCUT2D eigenvalue weighted by Gasteiger charge is 2.25. The third-order valence-electron chi connectivity index (χ3n) is 3.01. The van der Waals surface area contributed by atoms with E-state index >= 15 is 0 Å². The molecule has 0 bridgehead atoms. The standard InChI is InChI=1S/C12H16N2O3S/c13-10-3-5-11(6-4-10)18(16,17)9-12(15)14-7-1-2-8-14/h3-6H,1-2,7-9,13H2. The molecule has 5 nitrogen and oxygen atoms in total. The molecule has 1 aliphatic heterocycles. The molecule has 0 aliphatic carbocycles. The van der Waals surface area contributed by atoms with E-state index in [1.807, 2.05) is 0 Å². The number of benzene rings is 1. The second-order valence-corrected chi connectivity index (χ2v) is 6.41. The summed E-state index contributed by atoms with van der Waals surface area (Å²) in [5.74, 6) is -0.777. The smallest absolute Gasteiger partial charge is 0.238 e. The van der Waals surface area contributed by atoms with Crippen LogP contribution in [0.2, 0.25) is 0 Å². The topological polar surface area (TPSA) is 80.5 Å². The molecule has 0 unspecified atom stereocenters. The average molecular weight is 268 g/mol. The van der Waals surface area contributed by atoms with Crippen LogP contribution in [0.4, 0.5) is 5.69 Å². The monoisotopic (exact) mass is 268 g/mol. The maximum absolute atomic E-state index is 12.0. The zero-order valence-corrected chi connectivity index (χ0v) is 10.8. The van der Waals surface area contributed by atoms with Gasteiger partial charge in [-0.1, -0.05) is 0 Å². The third-order valence-corrected chi connectivity index (χ3v) is 4.63. The minimum absolute atomic E-state index is 0.143. The Labute approximate surface area is 107 Å². The van der Waals surface area contributed by atoms with Crippen molar-refractivity contribution in [2.24, 2.45) is 0 Å². The van der Waals surface area contributed by atoms with Gasteiger partial charge in [0.15, 0.2) is 9.84 Å². The summed E-state index contributed by atoms with van der Waals surface area (Å²) in [5.41, 5.74) is 6.00. The first kappa shape index (κ1) is 12.9. The highest BCUT2D eigenvalue weighted by Crippen LogP contribution is 2.15. The molecule has 18 heavy (non-hydrogen) atoms. The van der Waals surface area contributed by atoms with Crippen molar-refractivity contribution < 1.29 is 13.2 Å². The Bertz CT molecular complexity index is 531. The van der Waals surface area contributed by atoms with E-state index in [0.29, 0.717) is 18.8 Å². The molecule has 1 aromatic rings. The molecule has 98 valence electrons. The molecule has 1 amide bonds. The van der Waals surface area contributed by atoms with E-state index in [-0.39, 0.29) is 10.8 Å². The highest BCUT2D eigenvalue weighted by atomic mass is 32.2. The maximum Gasteiger partial charge on any atom is 0.238 e. The van der Waals surface area contributed by atoms with Crippen LogP contribution < -0.4 is 5.73 Å². The molecule has 2 rings (SSSR count). The van der Waals surface area contributed by atoms with Crippen molar-refractivity contribution >= 4 is 21.4 Å². The molecule has 1 aromatic carbocycles. The second-order valence-electron chi connectivity index (χ2n) is 4.42. The molecule has 0 radical (unpaired) electrons. The first-order valence-electron chi connectivity index (χ1n) is 5.85. The van der Waals surface area contributed by atoms with Crippen LogP contribution in [0.3, 0.4) is 0 Å². The van der Waals surface area contributed by atoms with Crippen molar-refractivity contribution in [3.05, 3.63) is 24.3 Å². The molecule has 0 spiro atoms. The van der Waals surface area contributed by atoms with Gasteiger partial charge >= 0.3 is 0 Å². The van der Waals surface area contributed by atoms with Crippen molar-refractivity contribution in [1.29, 1.82) is 0 Å². The first-order chi connectivity index (χ1) is 8.49. The fraction of sp³-hybridized carbons (Fsp3) is 0.417. The van der Waals surface area contributed by atoms with Crippen LogP contribution in [-0.4, -0.2) is 38.1 Å². The summed E-state index contributed by atoms with van der Waals surface area (Å²) in [6.45, 7) is 1.33. The lowest BCUT2D eigenvalue weighted by molar-refractivity contribution is -0.127. The van der Waals surface area contributed by atoms with Gasteiger partial charge in [0.05, 0.1) is 4.90 Å². The SMILES string of the molecule is Nc1ccc(S(=O)(=O)CC(=O)N2CCCC2)cc1. The summed E-state index contributed by atoms with van der Waals surface area (Å²) in [5, 5.41) is 0. The van der Waals surface area contributed by atoms with Gasteiger partial charge in [-0.3, -0.25) is 4.79 Å². The lowest BCUT2D eigenvalue weighted by Gasteiger charge is -2.15. The van der Waals surface area contributed by atoms with Crippen LogP contribution in [0.25, 0.3) is 0 Å². The molecule has 1 fully saturated rings. The molecule has 0 aromatic heterocycles. The molecule has 1 heterocycles. The number of nitrogens with two attached hydrogens (primary N) is 1. The Hall–Kier alpha value is -1.56. The number of sulfone groups is 1. The van der Waals surface area contributed by atoms with Gasteiger partial charge in [0.25, 0.3) is 0 Å². The summed E-state index contributed by atoms with van der Waals surface area (Å²) in [4.78, 5) is 13.6. The number of rotatable bonds is 3. The molecule has 0 atom stereocenters. The number of hydrogen-bond acceptors (Lipinski definition) is 4. The van der Waals surface area contributed by atoms with Gasteiger partial charge in [0.2, 0.25) is 5.91 Å². The van der Waals surface area contributed by atoms with E-state index in [0.717, 1.165) is 12.8 Å². The summed E-state index contributed by atoms with van der Waals surface area (Å²) < 4.78 is 24.0. The van der Waals surface area contributed by atoms with E-state index in [2.05, 4.69) is 0 Å². The van der Waals surface area contributed by atoms with Gasteiger partial charge in [-0.25, -0.2) is 8.42 Å². The number of likely N-dealkylation sites (tertiary alicyclic amines) is 1. The van der Waals surface area contributed by atoms with Gasteiger partial charge in [0.1, 0.15) is 5.75 Å². The number of nitrogen functional groups attached to an aromatic ring is 1. The van der Waals surface area contributed by atoms with Crippen molar-refractivity contribution in [1.82, 2.24) is 4.90 Å². The molecule has 1 saturated heterocycles. The zero-order chi connectivity index (χ0) is 13.2. The Balaban J connectivity index is 2.11. The van der Waals surface area contributed by atoms with Crippen LogP contribution in [0.1, 0.15) is 12.8 Å². The van der Waals surface area contributed by atoms with Gasteiger partial charge in [-0.2, -0.15) is 0 Å². The number of anilines is 1. The van der Waals surface area contributed by atoms with Gasteiger partial charge < -0.3 is 10.6 Å². The average Bonchev–Trinajstić information content (AvgIpc) is 2.82. The summed E-state index contributed by atoms with van der Waals surface area (Å²) in [6, 6.07) is 5.91. The van der Waals surface area contributed by atoms with Crippen molar-refractivity contribution in [2.75, 3.05) is 24.6 Å². The van der Waals surface area contributed by atoms with Crippen LogP contribution in [0.5, 0.6) is 0 Å². The lowest BCUT2D eigenvalue weighted by Crippen LogP contribution is -2.33. The predicted molar refractivity (Wildman–Crippen MR) is 68.7 cm³/mol. The molecule has 1 aliphatic rings. The molecular weight excluding hydrogens is 252 g/mol. The summed E-state index contributed by atoms with van der Waals surface area (Å²) in [7, 11) is -3.56. The van der Waals surface area contributed by atoms with Gasteiger partial charge in [0, 0.05) is 18.8 Å². The van der Waals surface area contributed by atoms with Crippen LogP contribution in [0.15, 0.2) is 29.2 Å². The fourth-order valence-electron chi connectivity index (χ4n) is 1.98. The predicted octanol–water partition coefficient (Wildman–Crippen LogP) is 0.665. The van der Waals surface area contributed by atoms with Gasteiger partial charge in [-0.05, 0) is 37.1 Å². The van der Waals surface area contributed by atoms with Crippen molar-refractivity contribution in [2.45, 2.75) is 17.7 Å². The minimum atomic E-state index is -3.56. The quantitative estimate of drug-likeness (QED) is 0.817. The van der Waals surface area contributed by atoms with E-state index in [9.17, 15) is 13.2 Å². The molecule has 2 N–H and O–H groups in total. The summed E-state index contributed by atoms with van der Waals surface area (Å²) >= 11 is 0. The second kappa shape index (κ2) is 4.97. The Morgan fingerprint density at radius 2 is 1.72 bits per heavy atom. The van der Waals surface area contributed by atoms with E-state index in [1.54, 1.807) is 4.90 Å². The maximum atomic E-state index is 12.0. The van der Waals surface area contributed by atoms with E-state index in [1.165, 1.54) is 24.3 Å². The van der Waals surface area contributed by atoms with Gasteiger partial charge in [-0.15, -0.1) is 0 Å². The Kier molecular flexibility index (Phi) is 3.56. The minimum Gasteiger partial charge on any atom is -0.399 e. The van der Waals surface area contributed by atoms with E-state index < -0.39 is 15.6 Å². The zero-order valence-electron chi connectivity index (χ0n) is 10.0. The van der Waals surface area contributed by atoms with Crippen LogP contribution >= 0.6 is 0 Å². The van der Waals surface area contributed by atoms with Crippen molar-refractivity contribution in [3.63, 3.8) is 0 Å². The number of hydrogen-bond donors (Lipinski definition) is 1. The summed E-state index contributed by atoms with van der Waals surface area (Å²) in [6.07, 6.45) is 1.90. The number of carbonyl (C=O) groups excluding carboxylic acids is 1. The third kappa shape index (κ3) is 2.81. The Morgan fingerprint density at radius 1 is 1.17 bits per heavy atom. The largest absolute Gasteiger partial charge is 0.399 e. The number of nitrogens with zero attached hydrogens (tertiary/aromatic N) is 1. The van der Waals surface area contributed by atoms with E-state index in [4.69, 9.17) is 5.73 Å². The van der Waals surface area contributed by atoms with Crippen molar-refractivity contribution in [3.8, 4) is 0 Å². The molecule has 6 heteroatoms. The van der Waals surface area contributed by atoms with Crippen LogP contribution in [-0.2, 0) is 14.6 Å². The number of carbonyl (C=O) groups is 1. The fourth-order valence-corrected chi connectivity index (χ4v) is 3.20. The lowest BCUT2D eigenvalue weighted by atomic mass is 10.3. The number of amides is 1. The highest BCUT2D eigenvalue weighted by molar-refractivity contribution is 7.92. The molecule has 0 saturated carbocycles. The van der Waals surface area contributed by atoms with Crippen LogP contribution in [0, 0.1) is 0 Å².